The summed E-state index contributed by atoms with van der Waals surface area (Å²) in [4.78, 5) is 24.8. The molecule has 27 heavy (non-hydrogen) atoms. The molecule has 1 aliphatic rings. The fourth-order valence-corrected chi connectivity index (χ4v) is 3.11. The quantitative estimate of drug-likeness (QED) is 0.537. The highest BCUT2D eigenvalue weighted by Crippen LogP contribution is 2.22. The second-order valence-electron chi connectivity index (χ2n) is 6.65. The lowest BCUT2D eigenvalue weighted by atomic mass is 9.99. The van der Waals surface area contributed by atoms with E-state index in [4.69, 9.17) is 4.74 Å². The van der Waals surface area contributed by atoms with Crippen molar-refractivity contribution in [2.24, 2.45) is 5.92 Å². The van der Waals surface area contributed by atoms with Crippen LogP contribution < -0.4 is 15.4 Å². The molecule has 3 rings (SSSR count). The summed E-state index contributed by atoms with van der Waals surface area (Å²) in [5.41, 5.74) is 0.712. The fourth-order valence-electron chi connectivity index (χ4n) is 3.11. The van der Waals surface area contributed by atoms with E-state index in [0.717, 1.165) is 25.9 Å². The zero-order valence-corrected chi connectivity index (χ0v) is 15.1. The molecule has 0 saturated carbocycles. The number of benzene rings is 2. The summed E-state index contributed by atoms with van der Waals surface area (Å²) >= 11 is 0. The Morgan fingerprint density at radius 2 is 1.89 bits per heavy atom. The molecule has 0 spiro atoms. The molecule has 2 atom stereocenters. The molecule has 0 radical (unpaired) electrons. The molecular weight excluding hydrogens is 344 g/mol. The minimum Gasteiger partial charge on any atom is -0.424 e. The van der Waals surface area contributed by atoms with Crippen molar-refractivity contribution in [1.29, 1.82) is 0 Å². The van der Waals surface area contributed by atoms with Gasteiger partial charge < -0.3 is 20.5 Å². The van der Waals surface area contributed by atoms with Crippen molar-refractivity contribution in [3.63, 3.8) is 0 Å². The molecule has 1 unspecified atom stereocenters. The zero-order chi connectivity index (χ0) is 19.1. The molecule has 2 aromatic carbocycles. The molecule has 6 heteroatoms. The minimum absolute atomic E-state index is 0.136. The first-order valence-corrected chi connectivity index (χ1v) is 9.18. The number of hydrogen-bond donors (Lipinski definition) is 3. The molecule has 1 aliphatic heterocycles. The third kappa shape index (κ3) is 5.15. The van der Waals surface area contributed by atoms with E-state index < -0.39 is 12.1 Å². The Morgan fingerprint density at radius 3 is 2.63 bits per heavy atom. The van der Waals surface area contributed by atoms with Crippen molar-refractivity contribution >= 4 is 11.9 Å². The molecule has 2 aromatic rings. The molecule has 1 saturated heterocycles. The van der Waals surface area contributed by atoms with E-state index >= 15 is 0 Å². The molecule has 0 aromatic heterocycles. The highest BCUT2D eigenvalue weighted by atomic mass is 16.5. The Hall–Kier alpha value is -2.70. The van der Waals surface area contributed by atoms with Crippen molar-refractivity contribution in [3.8, 4) is 5.75 Å². The number of carbonyl (C=O) groups is 2. The normalized spacial score (nSPS) is 17.7. The summed E-state index contributed by atoms with van der Waals surface area (Å²) in [6.07, 6.45) is 0.773. The predicted octanol–water partition coefficient (Wildman–Crippen LogP) is 2.05. The first-order chi connectivity index (χ1) is 13.1. The molecular formula is C21H24N2O4. The first kappa shape index (κ1) is 19.1. The van der Waals surface area contributed by atoms with Crippen LogP contribution in [0.3, 0.4) is 0 Å². The number of hydrogen-bond acceptors (Lipinski definition) is 5. The van der Waals surface area contributed by atoms with Crippen LogP contribution in [0, 0.1) is 5.92 Å². The van der Waals surface area contributed by atoms with Crippen LogP contribution in [0.2, 0.25) is 0 Å². The van der Waals surface area contributed by atoms with Crippen LogP contribution in [0.5, 0.6) is 5.75 Å². The third-order valence-electron chi connectivity index (χ3n) is 4.63. The average Bonchev–Trinajstić information content (AvgIpc) is 2.73. The topological polar surface area (TPSA) is 87.7 Å². The van der Waals surface area contributed by atoms with Gasteiger partial charge in [0.15, 0.2) is 6.10 Å². The second-order valence-corrected chi connectivity index (χ2v) is 6.65. The number of amides is 1. The van der Waals surface area contributed by atoms with Gasteiger partial charge in [0.1, 0.15) is 5.75 Å². The summed E-state index contributed by atoms with van der Waals surface area (Å²) in [7, 11) is 0. The van der Waals surface area contributed by atoms with Crippen LogP contribution >= 0.6 is 0 Å². The van der Waals surface area contributed by atoms with E-state index in [1.54, 1.807) is 54.6 Å². The van der Waals surface area contributed by atoms with Crippen molar-refractivity contribution < 1.29 is 19.4 Å². The predicted molar refractivity (Wildman–Crippen MR) is 101 cm³/mol. The van der Waals surface area contributed by atoms with Gasteiger partial charge in [0.05, 0.1) is 5.56 Å². The number of ether oxygens (including phenoxy) is 1. The van der Waals surface area contributed by atoms with Gasteiger partial charge in [-0.2, -0.15) is 0 Å². The lowest BCUT2D eigenvalue weighted by molar-refractivity contribution is -0.144. The van der Waals surface area contributed by atoms with Gasteiger partial charge in [0.2, 0.25) is 0 Å². The Labute approximate surface area is 158 Å². The molecule has 3 N–H and O–H groups in total. The highest BCUT2D eigenvalue weighted by molar-refractivity contribution is 5.97. The summed E-state index contributed by atoms with van der Waals surface area (Å²) < 4.78 is 5.31. The monoisotopic (exact) mass is 368 g/mol. The van der Waals surface area contributed by atoms with Crippen LogP contribution in [0.1, 0.15) is 34.9 Å². The third-order valence-corrected chi connectivity index (χ3v) is 4.63. The highest BCUT2D eigenvalue weighted by Gasteiger charge is 2.22. The van der Waals surface area contributed by atoms with E-state index in [2.05, 4.69) is 10.6 Å². The van der Waals surface area contributed by atoms with E-state index in [9.17, 15) is 14.7 Å². The van der Waals surface area contributed by atoms with Gasteiger partial charge in [-0.1, -0.05) is 42.5 Å². The second kappa shape index (κ2) is 9.30. The Bertz CT molecular complexity index is 773. The van der Waals surface area contributed by atoms with E-state index in [0.29, 0.717) is 18.0 Å². The van der Waals surface area contributed by atoms with Crippen LogP contribution in [0.15, 0.2) is 54.6 Å². The summed E-state index contributed by atoms with van der Waals surface area (Å²) in [5, 5.41) is 16.4. The lowest BCUT2D eigenvalue weighted by Crippen LogP contribution is -2.38. The molecule has 1 fully saturated rings. The van der Waals surface area contributed by atoms with Gasteiger partial charge in [-0.05, 0) is 49.5 Å². The van der Waals surface area contributed by atoms with Crippen molar-refractivity contribution in [2.45, 2.75) is 18.9 Å². The van der Waals surface area contributed by atoms with Crippen molar-refractivity contribution in [3.05, 3.63) is 65.7 Å². The number of piperidine rings is 1. The van der Waals surface area contributed by atoms with Crippen molar-refractivity contribution in [1.82, 2.24) is 10.6 Å². The molecule has 1 heterocycles. The SMILES string of the molecule is O=C(NC[C@@H]1CCCNC1)c1ccccc1OC(=O)C(O)c1ccccc1. The number of rotatable bonds is 6. The minimum atomic E-state index is -1.41. The van der Waals surface area contributed by atoms with Gasteiger partial charge >= 0.3 is 5.97 Å². The Kier molecular flexibility index (Phi) is 6.57. The van der Waals surface area contributed by atoms with Crippen LogP contribution in [0.25, 0.3) is 0 Å². The van der Waals surface area contributed by atoms with E-state index in [1.807, 2.05) is 0 Å². The first-order valence-electron chi connectivity index (χ1n) is 9.18. The molecule has 1 amide bonds. The molecule has 0 aliphatic carbocycles. The van der Waals surface area contributed by atoms with Crippen LogP contribution in [-0.4, -0.2) is 36.6 Å². The van der Waals surface area contributed by atoms with E-state index in [-0.39, 0.29) is 17.2 Å². The van der Waals surface area contributed by atoms with Gasteiger partial charge in [-0.25, -0.2) is 4.79 Å². The van der Waals surface area contributed by atoms with Crippen LogP contribution in [-0.2, 0) is 4.79 Å². The van der Waals surface area contributed by atoms with E-state index in [1.165, 1.54) is 0 Å². The van der Waals surface area contributed by atoms with Crippen LogP contribution in [0.4, 0.5) is 0 Å². The summed E-state index contributed by atoms with van der Waals surface area (Å²) in [5.74, 6) is -0.579. The number of para-hydroxylation sites is 1. The number of aliphatic hydroxyl groups excluding tert-OH is 1. The molecule has 6 nitrogen and oxygen atoms in total. The Morgan fingerprint density at radius 1 is 1.15 bits per heavy atom. The molecule has 0 bridgehead atoms. The summed E-state index contributed by atoms with van der Waals surface area (Å²) in [6.45, 7) is 2.48. The smallest absolute Gasteiger partial charge is 0.345 e. The summed E-state index contributed by atoms with van der Waals surface area (Å²) in [6, 6.07) is 15.1. The van der Waals surface area contributed by atoms with Gasteiger partial charge in [0, 0.05) is 6.54 Å². The van der Waals surface area contributed by atoms with Gasteiger partial charge in [-0.3, -0.25) is 4.79 Å². The maximum atomic E-state index is 12.5. The lowest BCUT2D eigenvalue weighted by Gasteiger charge is -2.23. The van der Waals surface area contributed by atoms with Crippen molar-refractivity contribution in [2.75, 3.05) is 19.6 Å². The maximum Gasteiger partial charge on any atom is 0.345 e. The number of aliphatic hydroxyl groups is 1. The largest absolute Gasteiger partial charge is 0.424 e. The average molecular weight is 368 g/mol. The fraction of sp³-hybridized carbons (Fsp3) is 0.333. The molecule has 142 valence electrons. The van der Waals surface area contributed by atoms with Gasteiger partial charge in [-0.15, -0.1) is 0 Å². The zero-order valence-electron chi connectivity index (χ0n) is 15.1. The standard InChI is InChI=1S/C21H24N2O4/c24-19(16-8-2-1-3-9-16)21(26)27-18-11-5-4-10-17(18)20(25)23-14-15-7-6-12-22-13-15/h1-5,8-11,15,19,22,24H,6-7,12-14H2,(H,23,25)/t15-,19?/m1/s1. The maximum absolute atomic E-state index is 12.5. The number of nitrogens with one attached hydrogen (secondary N) is 2. The number of esters is 1. The Balaban J connectivity index is 1.64. The number of carbonyl (C=O) groups excluding carboxylic acids is 2. The van der Waals surface area contributed by atoms with Gasteiger partial charge in [0.25, 0.3) is 5.91 Å².